The minimum Gasteiger partial charge on any atom is -0.391 e. The Hall–Kier alpha value is -1.16. The van der Waals surface area contributed by atoms with Crippen molar-refractivity contribution in [1.82, 2.24) is 9.97 Å². The van der Waals surface area contributed by atoms with Crippen LogP contribution in [-0.4, -0.2) is 34.3 Å². The van der Waals surface area contributed by atoms with E-state index in [0.29, 0.717) is 5.95 Å². The molecule has 1 heterocycles. The van der Waals surface area contributed by atoms with Gasteiger partial charge < -0.3 is 10.0 Å². The fraction of sp³-hybridized carbons (Fsp3) is 0.636. The number of aliphatic hydroxyl groups excluding tert-OH is 1. The van der Waals surface area contributed by atoms with Crippen molar-refractivity contribution in [3.63, 3.8) is 0 Å². The van der Waals surface area contributed by atoms with Crippen molar-refractivity contribution >= 4 is 5.95 Å². The lowest BCUT2D eigenvalue weighted by Crippen LogP contribution is -2.44. The van der Waals surface area contributed by atoms with Crippen LogP contribution in [-0.2, 0) is 0 Å². The van der Waals surface area contributed by atoms with Gasteiger partial charge in [-0.2, -0.15) is 0 Å². The first-order valence-electron chi connectivity index (χ1n) is 5.47. The van der Waals surface area contributed by atoms with Gasteiger partial charge in [0, 0.05) is 19.4 Å². The standard InChI is InChI=1S/C11H17N3O/c1-14(11-12-7-4-8-13-11)9-5-2-3-6-10(9)15/h4,7-10,15H,2-3,5-6H2,1H3. The molecule has 1 aromatic rings. The van der Waals surface area contributed by atoms with E-state index < -0.39 is 0 Å². The highest BCUT2D eigenvalue weighted by atomic mass is 16.3. The van der Waals surface area contributed by atoms with Crippen LogP contribution in [0.3, 0.4) is 0 Å². The Balaban J connectivity index is 2.09. The third-order valence-electron chi connectivity index (χ3n) is 3.06. The van der Waals surface area contributed by atoms with Crippen LogP contribution >= 0.6 is 0 Å². The molecule has 82 valence electrons. The van der Waals surface area contributed by atoms with E-state index in [2.05, 4.69) is 9.97 Å². The van der Waals surface area contributed by atoms with Crippen molar-refractivity contribution in [2.45, 2.75) is 37.8 Å². The Morgan fingerprint density at radius 2 is 1.93 bits per heavy atom. The molecule has 2 atom stereocenters. The molecule has 2 rings (SSSR count). The van der Waals surface area contributed by atoms with Gasteiger partial charge in [-0.1, -0.05) is 12.8 Å². The molecule has 1 fully saturated rings. The third-order valence-corrected chi connectivity index (χ3v) is 3.06. The van der Waals surface area contributed by atoms with Gasteiger partial charge in [0.2, 0.25) is 5.95 Å². The van der Waals surface area contributed by atoms with Crippen LogP contribution in [0.4, 0.5) is 5.95 Å². The van der Waals surface area contributed by atoms with Gasteiger partial charge in [0.15, 0.2) is 0 Å². The van der Waals surface area contributed by atoms with Crippen molar-refractivity contribution in [2.75, 3.05) is 11.9 Å². The fourth-order valence-electron chi connectivity index (χ4n) is 2.17. The van der Waals surface area contributed by atoms with Crippen LogP contribution in [0.1, 0.15) is 25.7 Å². The Bertz CT molecular complexity index is 304. The van der Waals surface area contributed by atoms with Crippen LogP contribution < -0.4 is 4.90 Å². The zero-order chi connectivity index (χ0) is 10.7. The Labute approximate surface area is 90.0 Å². The Morgan fingerprint density at radius 3 is 2.60 bits per heavy atom. The van der Waals surface area contributed by atoms with E-state index in [1.54, 1.807) is 18.5 Å². The Morgan fingerprint density at radius 1 is 1.27 bits per heavy atom. The average Bonchev–Trinajstić information content (AvgIpc) is 2.30. The predicted molar refractivity (Wildman–Crippen MR) is 58.7 cm³/mol. The maximum absolute atomic E-state index is 9.90. The summed E-state index contributed by atoms with van der Waals surface area (Å²) in [5.74, 6) is 0.698. The minimum atomic E-state index is -0.243. The van der Waals surface area contributed by atoms with Crippen molar-refractivity contribution < 1.29 is 5.11 Å². The lowest BCUT2D eigenvalue weighted by Gasteiger charge is -2.35. The van der Waals surface area contributed by atoms with Gasteiger partial charge in [0.1, 0.15) is 0 Å². The lowest BCUT2D eigenvalue weighted by molar-refractivity contribution is 0.105. The van der Waals surface area contributed by atoms with Crippen LogP contribution in [0.15, 0.2) is 18.5 Å². The SMILES string of the molecule is CN(c1ncccn1)C1CCCCC1O. The second kappa shape index (κ2) is 4.57. The summed E-state index contributed by atoms with van der Waals surface area (Å²) in [5, 5.41) is 9.90. The second-order valence-electron chi connectivity index (χ2n) is 4.08. The number of hydrogen-bond acceptors (Lipinski definition) is 4. The van der Waals surface area contributed by atoms with E-state index in [1.165, 1.54) is 6.42 Å². The molecule has 15 heavy (non-hydrogen) atoms. The highest BCUT2D eigenvalue weighted by Gasteiger charge is 2.27. The summed E-state index contributed by atoms with van der Waals surface area (Å²) in [4.78, 5) is 10.4. The molecular weight excluding hydrogens is 190 g/mol. The smallest absolute Gasteiger partial charge is 0.225 e. The highest BCUT2D eigenvalue weighted by Crippen LogP contribution is 2.24. The van der Waals surface area contributed by atoms with Crippen LogP contribution in [0.2, 0.25) is 0 Å². The van der Waals surface area contributed by atoms with Crippen LogP contribution in [0, 0.1) is 0 Å². The molecular formula is C11H17N3O. The molecule has 0 amide bonds. The topological polar surface area (TPSA) is 49.2 Å². The zero-order valence-corrected chi connectivity index (χ0v) is 9.00. The van der Waals surface area contributed by atoms with Crippen molar-refractivity contribution in [2.24, 2.45) is 0 Å². The van der Waals surface area contributed by atoms with Gasteiger partial charge in [-0.15, -0.1) is 0 Å². The van der Waals surface area contributed by atoms with E-state index >= 15 is 0 Å². The fourth-order valence-corrected chi connectivity index (χ4v) is 2.17. The molecule has 4 heteroatoms. The van der Waals surface area contributed by atoms with E-state index in [1.807, 2.05) is 11.9 Å². The maximum atomic E-state index is 9.90. The number of anilines is 1. The molecule has 0 aromatic carbocycles. The molecule has 1 saturated carbocycles. The number of aromatic nitrogens is 2. The van der Waals surface area contributed by atoms with E-state index in [0.717, 1.165) is 19.3 Å². The summed E-state index contributed by atoms with van der Waals surface area (Å²) < 4.78 is 0. The molecule has 0 bridgehead atoms. The van der Waals surface area contributed by atoms with Gasteiger partial charge in [-0.25, -0.2) is 9.97 Å². The molecule has 0 aliphatic heterocycles. The Kier molecular flexibility index (Phi) is 3.16. The molecule has 2 unspecified atom stereocenters. The molecule has 1 aliphatic carbocycles. The monoisotopic (exact) mass is 207 g/mol. The summed E-state index contributed by atoms with van der Waals surface area (Å²) in [6, 6.07) is 1.97. The summed E-state index contributed by atoms with van der Waals surface area (Å²) in [6.07, 6.45) is 7.44. The summed E-state index contributed by atoms with van der Waals surface area (Å²) in [5.41, 5.74) is 0. The van der Waals surface area contributed by atoms with Gasteiger partial charge in [-0.05, 0) is 18.9 Å². The summed E-state index contributed by atoms with van der Waals surface area (Å²) in [6.45, 7) is 0. The first-order valence-corrected chi connectivity index (χ1v) is 5.47. The van der Waals surface area contributed by atoms with Gasteiger partial charge in [0.25, 0.3) is 0 Å². The molecule has 4 nitrogen and oxygen atoms in total. The number of hydrogen-bond donors (Lipinski definition) is 1. The van der Waals surface area contributed by atoms with E-state index in [4.69, 9.17) is 0 Å². The van der Waals surface area contributed by atoms with Crippen molar-refractivity contribution in [3.05, 3.63) is 18.5 Å². The predicted octanol–water partition coefficient (Wildman–Crippen LogP) is 1.22. The number of aliphatic hydroxyl groups is 1. The van der Waals surface area contributed by atoms with E-state index in [9.17, 15) is 5.11 Å². The first kappa shape index (κ1) is 10.4. The van der Waals surface area contributed by atoms with Crippen molar-refractivity contribution in [3.8, 4) is 0 Å². The lowest BCUT2D eigenvalue weighted by atomic mass is 9.92. The molecule has 1 aromatic heterocycles. The molecule has 0 spiro atoms. The minimum absolute atomic E-state index is 0.168. The third kappa shape index (κ3) is 2.26. The zero-order valence-electron chi connectivity index (χ0n) is 9.00. The van der Waals surface area contributed by atoms with Gasteiger partial charge in [-0.3, -0.25) is 0 Å². The quantitative estimate of drug-likeness (QED) is 0.792. The summed E-state index contributed by atoms with van der Waals surface area (Å²) >= 11 is 0. The average molecular weight is 207 g/mol. The van der Waals surface area contributed by atoms with Crippen molar-refractivity contribution in [1.29, 1.82) is 0 Å². The second-order valence-corrected chi connectivity index (χ2v) is 4.08. The van der Waals surface area contributed by atoms with Crippen LogP contribution in [0.5, 0.6) is 0 Å². The molecule has 0 radical (unpaired) electrons. The molecule has 1 N–H and O–H groups in total. The van der Waals surface area contributed by atoms with Gasteiger partial charge in [0.05, 0.1) is 12.1 Å². The maximum Gasteiger partial charge on any atom is 0.225 e. The molecule has 0 saturated heterocycles. The first-order chi connectivity index (χ1) is 7.29. The number of rotatable bonds is 2. The number of nitrogens with zero attached hydrogens (tertiary/aromatic N) is 3. The van der Waals surface area contributed by atoms with Crippen LogP contribution in [0.25, 0.3) is 0 Å². The number of likely N-dealkylation sites (N-methyl/N-ethyl adjacent to an activating group) is 1. The van der Waals surface area contributed by atoms with Gasteiger partial charge >= 0.3 is 0 Å². The largest absolute Gasteiger partial charge is 0.391 e. The summed E-state index contributed by atoms with van der Waals surface area (Å²) in [7, 11) is 1.95. The molecule has 1 aliphatic rings. The highest BCUT2D eigenvalue weighted by molar-refractivity contribution is 5.29. The van der Waals surface area contributed by atoms with E-state index in [-0.39, 0.29) is 12.1 Å². The normalized spacial score (nSPS) is 26.3.